The SMILES string of the molecule is COc1ccc(-n2ccc(C(=O)Nc3ccc(-c4nc5ccccc5n4C)cc3)n2)cc1. The van der Waals surface area contributed by atoms with Crippen molar-refractivity contribution in [3.8, 4) is 22.8 Å². The van der Waals surface area contributed by atoms with Crippen molar-refractivity contribution in [3.63, 3.8) is 0 Å². The van der Waals surface area contributed by atoms with Gasteiger partial charge in [-0.05, 0) is 66.7 Å². The second-order valence-electron chi connectivity index (χ2n) is 7.36. The van der Waals surface area contributed by atoms with E-state index < -0.39 is 0 Å². The fourth-order valence-corrected chi connectivity index (χ4v) is 3.63. The van der Waals surface area contributed by atoms with Crippen LogP contribution in [0.3, 0.4) is 0 Å². The summed E-state index contributed by atoms with van der Waals surface area (Å²) < 4.78 is 8.89. The Labute approximate surface area is 184 Å². The van der Waals surface area contributed by atoms with Gasteiger partial charge in [0.05, 0.1) is 23.8 Å². The lowest BCUT2D eigenvalue weighted by Gasteiger charge is -2.06. The van der Waals surface area contributed by atoms with Crippen LogP contribution in [0.2, 0.25) is 0 Å². The molecule has 0 spiro atoms. The number of ether oxygens (including phenoxy) is 1. The zero-order valence-electron chi connectivity index (χ0n) is 17.7. The molecular weight excluding hydrogens is 402 g/mol. The maximum atomic E-state index is 12.7. The average Bonchev–Trinajstić information content (AvgIpc) is 3.46. The minimum atomic E-state index is -0.271. The molecule has 0 aliphatic heterocycles. The minimum absolute atomic E-state index is 0.271. The molecule has 0 fully saturated rings. The van der Waals surface area contributed by atoms with E-state index in [1.807, 2.05) is 79.8 Å². The van der Waals surface area contributed by atoms with Gasteiger partial charge in [-0.2, -0.15) is 5.10 Å². The average molecular weight is 423 g/mol. The van der Waals surface area contributed by atoms with E-state index >= 15 is 0 Å². The first-order valence-corrected chi connectivity index (χ1v) is 10.2. The number of fused-ring (bicyclic) bond motifs is 1. The van der Waals surface area contributed by atoms with Crippen LogP contribution in [0.5, 0.6) is 5.75 Å². The Hall–Kier alpha value is -4.39. The molecule has 1 N–H and O–H groups in total. The molecule has 32 heavy (non-hydrogen) atoms. The number of carbonyl (C=O) groups is 1. The number of carbonyl (C=O) groups excluding carboxylic acids is 1. The van der Waals surface area contributed by atoms with Crippen LogP contribution in [0.4, 0.5) is 5.69 Å². The van der Waals surface area contributed by atoms with Crippen LogP contribution in [0.25, 0.3) is 28.1 Å². The summed E-state index contributed by atoms with van der Waals surface area (Å²) in [5.74, 6) is 1.37. The van der Waals surface area contributed by atoms with Crippen LogP contribution >= 0.6 is 0 Å². The van der Waals surface area contributed by atoms with E-state index in [1.54, 1.807) is 24.1 Å². The van der Waals surface area contributed by atoms with Gasteiger partial charge in [-0.25, -0.2) is 9.67 Å². The first kappa shape index (κ1) is 19.6. The number of hydrogen-bond donors (Lipinski definition) is 1. The van der Waals surface area contributed by atoms with E-state index in [2.05, 4.69) is 15.0 Å². The van der Waals surface area contributed by atoms with Gasteiger partial charge in [0.2, 0.25) is 0 Å². The van der Waals surface area contributed by atoms with Gasteiger partial charge in [-0.3, -0.25) is 4.79 Å². The van der Waals surface area contributed by atoms with E-state index in [4.69, 9.17) is 9.72 Å². The maximum Gasteiger partial charge on any atom is 0.276 e. The topological polar surface area (TPSA) is 74.0 Å². The number of nitrogens with one attached hydrogen (secondary N) is 1. The summed E-state index contributed by atoms with van der Waals surface area (Å²) in [5, 5.41) is 7.28. The number of aryl methyl sites for hydroxylation is 1. The lowest BCUT2D eigenvalue weighted by molar-refractivity contribution is 0.102. The fraction of sp³-hybridized carbons (Fsp3) is 0.0800. The molecule has 7 heteroatoms. The number of methoxy groups -OCH3 is 1. The summed E-state index contributed by atoms with van der Waals surface area (Å²) in [6.07, 6.45) is 1.76. The Morgan fingerprint density at radius 3 is 2.41 bits per heavy atom. The summed E-state index contributed by atoms with van der Waals surface area (Å²) in [4.78, 5) is 17.4. The quantitative estimate of drug-likeness (QED) is 0.445. The summed E-state index contributed by atoms with van der Waals surface area (Å²) in [6.45, 7) is 0. The normalized spacial score (nSPS) is 10.9. The van der Waals surface area contributed by atoms with Gasteiger partial charge in [0.15, 0.2) is 5.69 Å². The highest BCUT2D eigenvalue weighted by molar-refractivity contribution is 6.02. The third kappa shape index (κ3) is 3.60. The Morgan fingerprint density at radius 2 is 1.69 bits per heavy atom. The summed E-state index contributed by atoms with van der Waals surface area (Å²) in [6, 6.07) is 24.8. The molecule has 0 aliphatic carbocycles. The molecule has 0 saturated carbocycles. The first-order valence-electron chi connectivity index (χ1n) is 10.2. The van der Waals surface area contributed by atoms with Gasteiger partial charge in [-0.15, -0.1) is 0 Å². The van der Waals surface area contributed by atoms with Crippen molar-refractivity contribution in [1.82, 2.24) is 19.3 Å². The third-order valence-corrected chi connectivity index (χ3v) is 5.35. The highest BCUT2D eigenvalue weighted by Crippen LogP contribution is 2.25. The molecule has 2 heterocycles. The number of hydrogen-bond acceptors (Lipinski definition) is 4. The number of para-hydroxylation sites is 2. The number of amides is 1. The number of aromatic nitrogens is 4. The number of benzene rings is 3. The van der Waals surface area contributed by atoms with Crippen molar-refractivity contribution in [2.24, 2.45) is 7.05 Å². The van der Waals surface area contributed by atoms with Crippen molar-refractivity contribution < 1.29 is 9.53 Å². The van der Waals surface area contributed by atoms with E-state index in [1.165, 1.54) is 0 Å². The molecule has 0 unspecified atom stereocenters. The lowest BCUT2D eigenvalue weighted by Crippen LogP contribution is -2.13. The van der Waals surface area contributed by atoms with Gasteiger partial charge < -0.3 is 14.6 Å². The predicted octanol–water partition coefficient (Wildman–Crippen LogP) is 4.69. The number of anilines is 1. The molecule has 2 aromatic heterocycles. The molecule has 0 saturated heterocycles. The monoisotopic (exact) mass is 423 g/mol. The van der Waals surface area contributed by atoms with Crippen molar-refractivity contribution >= 4 is 22.6 Å². The predicted molar refractivity (Wildman–Crippen MR) is 124 cm³/mol. The van der Waals surface area contributed by atoms with Crippen LogP contribution in [-0.4, -0.2) is 32.3 Å². The highest BCUT2D eigenvalue weighted by Gasteiger charge is 2.12. The highest BCUT2D eigenvalue weighted by atomic mass is 16.5. The smallest absolute Gasteiger partial charge is 0.276 e. The molecule has 1 amide bonds. The second-order valence-corrected chi connectivity index (χ2v) is 7.36. The molecular formula is C25H21N5O2. The Bertz CT molecular complexity index is 1400. The maximum absolute atomic E-state index is 12.7. The molecule has 5 aromatic rings. The number of nitrogens with zero attached hydrogens (tertiary/aromatic N) is 4. The molecule has 0 radical (unpaired) electrons. The Kier molecular flexibility index (Phi) is 4.91. The zero-order chi connectivity index (χ0) is 22.1. The number of rotatable bonds is 5. The van der Waals surface area contributed by atoms with E-state index in [9.17, 15) is 4.79 Å². The van der Waals surface area contributed by atoms with Crippen molar-refractivity contribution in [3.05, 3.63) is 90.8 Å². The van der Waals surface area contributed by atoms with Crippen LogP contribution in [0, 0.1) is 0 Å². The summed E-state index contributed by atoms with van der Waals surface area (Å²) in [7, 11) is 3.62. The van der Waals surface area contributed by atoms with E-state index in [-0.39, 0.29) is 5.91 Å². The van der Waals surface area contributed by atoms with E-state index in [0.29, 0.717) is 11.4 Å². The van der Waals surface area contributed by atoms with Crippen molar-refractivity contribution in [2.45, 2.75) is 0 Å². The van der Waals surface area contributed by atoms with Gasteiger partial charge >= 0.3 is 0 Å². The molecule has 7 nitrogen and oxygen atoms in total. The first-order chi connectivity index (χ1) is 15.6. The molecule has 5 rings (SSSR count). The van der Waals surface area contributed by atoms with Gasteiger partial charge in [0.1, 0.15) is 11.6 Å². The fourth-order valence-electron chi connectivity index (χ4n) is 3.63. The summed E-state index contributed by atoms with van der Waals surface area (Å²) >= 11 is 0. The zero-order valence-corrected chi connectivity index (χ0v) is 17.7. The Morgan fingerprint density at radius 1 is 0.938 bits per heavy atom. The van der Waals surface area contributed by atoms with Crippen LogP contribution in [0.1, 0.15) is 10.5 Å². The Balaban J connectivity index is 1.31. The number of imidazole rings is 1. The minimum Gasteiger partial charge on any atom is -0.497 e. The lowest BCUT2D eigenvalue weighted by atomic mass is 10.2. The molecule has 0 bridgehead atoms. The largest absolute Gasteiger partial charge is 0.497 e. The molecule has 0 aliphatic rings. The second kappa shape index (κ2) is 8.03. The molecule has 158 valence electrons. The molecule has 3 aromatic carbocycles. The van der Waals surface area contributed by atoms with Crippen LogP contribution in [0.15, 0.2) is 85.1 Å². The van der Waals surface area contributed by atoms with Crippen molar-refractivity contribution in [1.29, 1.82) is 0 Å². The van der Waals surface area contributed by atoms with Crippen molar-refractivity contribution in [2.75, 3.05) is 12.4 Å². The van der Waals surface area contributed by atoms with E-state index in [0.717, 1.165) is 33.9 Å². The summed E-state index contributed by atoms with van der Waals surface area (Å²) in [5.41, 5.74) is 4.88. The van der Waals surface area contributed by atoms with Crippen LogP contribution < -0.4 is 10.1 Å². The van der Waals surface area contributed by atoms with Crippen LogP contribution in [-0.2, 0) is 7.05 Å². The third-order valence-electron chi connectivity index (χ3n) is 5.35. The molecule has 0 atom stereocenters. The van der Waals surface area contributed by atoms with Gasteiger partial charge in [0.25, 0.3) is 5.91 Å². The standard InChI is InChI=1S/C25H21N5O2/c1-29-23-6-4-3-5-21(23)27-24(29)17-7-9-18(10-8-17)26-25(31)22-15-16-30(28-22)19-11-13-20(32-2)14-12-19/h3-16H,1-2H3,(H,26,31). The van der Waals surface area contributed by atoms with Gasteiger partial charge in [0, 0.05) is 24.5 Å². The van der Waals surface area contributed by atoms with Gasteiger partial charge in [-0.1, -0.05) is 12.1 Å².